The molecule has 2 unspecified atom stereocenters. The molecule has 6 nitrogen and oxygen atoms in total. The van der Waals surface area contributed by atoms with Gasteiger partial charge in [0.25, 0.3) is 5.91 Å². The van der Waals surface area contributed by atoms with Crippen molar-refractivity contribution in [3.05, 3.63) is 29.8 Å². The van der Waals surface area contributed by atoms with Crippen molar-refractivity contribution in [2.75, 3.05) is 5.32 Å². The number of carbonyl (C=O) groups excluding carboxylic acids is 2. The lowest BCUT2D eigenvalue weighted by atomic mass is 10.1. The predicted molar refractivity (Wildman–Crippen MR) is 88.9 cm³/mol. The first-order valence-electron chi connectivity index (χ1n) is 8.38. The highest BCUT2D eigenvalue weighted by atomic mass is 16.2. The average molecular weight is 316 g/mol. The van der Waals surface area contributed by atoms with E-state index in [1.54, 1.807) is 24.3 Å². The van der Waals surface area contributed by atoms with E-state index in [0.717, 1.165) is 32.1 Å². The molecule has 1 saturated carbocycles. The lowest BCUT2D eigenvalue weighted by molar-refractivity contribution is -0.117. The number of hydrogen-bond acceptors (Lipinski definition) is 4. The molecule has 2 fully saturated rings. The van der Waals surface area contributed by atoms with Gasteiger partial charge < -0.3 is 10.6 Å². The number of anilines is 1. The summed E-state index contributed by atoms with van der Waals surface area (Å²) in [5.41, 5.74) is 7.53. The summed E-state index contributed by atoms with van der Waals surface area (Å²) < 4.78 is 0. The predicted octanol–water partition coefficient (Wildman–Crippen LogP) is 1.55. The van der Waals surface area contributed by atoms with Crippen LogP contribution in [-0.2, 0) is 4.79 Å². The Morgan fingerprint density at radius 3 is 2.57 bits per heavy atom. The third-order valence-corrected chi connectivity index (χ3v) is 4.26. The summed E-state index contributed by atoms with van der Waals surface area (Å²) in [6.45, 7) is 2.13. The van der Waals surface area contributed by atoms with Crippen LogP contribution in [-0.4, -0.2) is 29.9 Å². The van der Waals surface area contributed by atoms with Gasteiger partial charge >= 0.3 is 0 Å². The van der Waals surface area contributed by atoms with Gasteiger partial charge in [-0.25, -0.2) is 5.43 Å². The van der Waals surface area contributed by atoms with E-state index in [0.29, 0.717) is 23.3 Å². The van der Waals surface area contributed by atoms with Gasteiger partial charge in [0, 0.05) is 23.3 Å². The second kappa shape index (κ2) is 7.10. The van der Waals surface area contributed by atoms with Crippen LogP contribution in [0.25, 0.3) is 0 Å². The minimum absolute atomic E-state index is 0.0468. The van der Waals surface area contributed by atoms with Crippen LogP contribution >= 0.6 is 0 Å². The number of carbonyl (C=O) groups is 2. The molecule has 1 aliphatic carbocycles. The molecule has 3 rings (SSSR count). The average Bonchev–Trinajstić information content (AvgIpc) is 3.23. The Morgan fingerprint density at radius 2 is 1.91 bits per heavy atom. The molecule has 0 radical (unpaired) electrons. The summed E-state index contributed by atoms with van der Waals surface area (Å²) >= 11 is 0. The van der Waals surface area contributed by atoms with Gasteiger partial charge in [0.1, 0.15) is 6.04 Å². The molecule has 6 heteroatoms. The summed E-state index contributed by atoms with van der Waals surface area (Å²) in [6.07, 6.45) is 5.09. The van der Waals surface area contributed by atoms with Crippen molar-refractivity contribution in [3.8, 4) is 0 Å². The Bertz CT molecular complexity index is 568. The second-order valence-corrected chi connectivity index (χ2v) is 6.38. The molecule has 0 bridgehead atoms. The van der Waals surface area contributed by atoms with E-state index in [9.17, 15) is 9.59 Å². The monoisotopic (exact) mass is 316 g/mol. The van der Waals surface area contributed by atoms with E-state index in [1.165, 1.54) is 0 Å². The number of nitrogens with one attached hydrogen (secondary N) is 4. The van der Waals surface area contributed by atoms with Crippen LogP contribution < -0.4 is 21.5 Å². The van der Waals surface area contributed by atoms with Gasteiger partial charge in [-0.05, 0) is 49.9 Å². The summed E-state index contributed by atoms with van der Waals surface area (Å²) in [6, 6.07) is 7.51. The number of rotatable bonds is 6. The lowest BCUT2D eigenvalue weighted by Gasteiger charge is -2.11. The molecular weight excluding hydrogens is 292 g/mol. The van der Waals surface area contributed by atoms with Crippen molar-refractivity contribution in [2.24, 2.45) is 0 Å². The molecule has 2 atom stereocenters. The molecule has 1 aromatic rings. The largest absolute Gasteiger partial charge is 0.349 e. The minimum atomic E-state index is -0.218. The molecule has 1 aromatic carbocycles. The van der Waals surface area contributed by atoms with Crippen molar-refractivity contribution in [1.82, 2.24) is 16.2 Å². The van der Waals surface area contributed by atoms with Gasteiger partial charge in [-0.15, -0.1) is 0 Å². The van der Waals surface area contributed by atoms with Gasteiger partial charge in [0.15, 0.2) is 0 Å². The molecule has 2 aliphatic rings. The zero-order chi connectivity index (χ0) is 16.2. The van der Waals surface area contributed by atoms with Crippen molar-refractivity contribution < 1.29 is 9.59 Å². The third kappa shape index (κ3) is 4.30. The molecule has 4 N–H and O–H groups in total. The topological polar surface area (TPSA) is 82.3 Å². The molecule has 1 heterocycles. The number of hydrogen-bond donors (Lipinski definition) is 4. The molecule has 124 valence electrons. The maximum Gasteiger partial charge on any atom is 0.251 e. The molecule has 1 aliphatic heterocycles. The molecule has 0 aromatic heterocycles. The molecule has 0 spiro atoms. The van der Waals surface area contributed by atoms with E-state index in [2.05, 4.69) is 28.4 Å². The Hall–Kier alpha value is -1.92. The van der Waals surface area contributed by atoms with E-state index in [1.807, 2.05) is 0 Å². The zero-order valence-electron chi connectivity index (χ0n) is 13.4. The summed E-state index contributed by atoms with van der Waals surface area (Å²) in [4.78, 5) is 24.2. The van der Waals surface area contributed by atoms with Crippen LogP contribution in [0.4, 0.5) is 5.69 Å². The van der Waals surface area contributed by atoms with Gasteiger partial charge in [0.05, 0.1) is 0 Å². The minimum Gasteiger partial charge on any atom is -0.349 e. The smallest absolute Gasteiger partial charge is 0.251 e. The molecule has 2 amide bonds. The quantitative estimate of drug-likeness (QED) is 0.642. The fourth-order valence-electron chi connectivity index (χ4n) is 2.76. The van der Waals surface area contributed by atoms with Crippen molar-refractivity contribution >= 4 is 17.5 Å². The first kappa shape index (κ1) is 16.0. The first-order valence-corrected chi connectivity index (χ1v) is 8.38. The maximum atomic E-state index is 12.2. The van der Waals surface area contributed by atoms with Crippen LogP contribution in [0, 0.1) is 0 Å². The van der Waals surface area contributed by atoms with Gasteiger partial charge in [-0.1, -0.05) is 13.3 Å². The summed E-state index contributed by atoms with van der Waals surface area (Å²) in [5.74, 6) is -0.0965. The Balaban J connectivity index is 1.51. The van der Waals surface area contributed by atoms with Crippen molar-refractivity contribution in [2.45, 2.75) is 57.2 Å². The van der Waals surface area contributed by atoms with E-state index in [-0.39, 0.29) is 17.9 Å². The normalized spacial score (nSPS) is 23.5. The molecule has 1 saturated heterocycles. The number of hydrazine groups is 1. The fraction of sp³-hybridized carbons (Fsp3) is 0.529. The van der Waals surface area contributed by atoms with Crippen LogP contribution in [0.3, 0.4) is 0 Å². The SMILES string of the molecule is CCCC1CC(C(=O)Nc2ccc(C(=O)NC3CC3)cc2)NN1. The van der Waals surface area contributed by atoms with E-state index < -0.39 is 0 Å². The molecular formula is C17H24N4O2. The summed E-state index contributed by atoms with van der Waals surface area (Å²) in [7, 11) is 0. The number of amides is 2. The van der Waals surface area contributed by atoms with E-state index >= 15 is 0 Å². The Kier molecular flexibility index (Phi) is 4.93. The highest BCUT2D eigenvalue weighted by Gasteiger charge is 2.28. The van der Waals surface area contributed by atoms with E-state index in [4.69, 9.17) is 0 Å². The Labute approximate surface area is 136 Å². The lowest BCUT2D eigenvalue weighted by Crippen LogP contribution is -2.40. The second-order valence-electron chi connectivity index (χ2n) is 6.38. The summed E-state index contributed by atoms with van der Waals surface area (Å²) in [5, 5.41) is 5.84. The first-order chi connectivity index (χ1) is 11.2. The highest BCUT2D eigenvalue weighted by molar-refractivity contribution is 5.97. The van der Waals surface area contributed by atoms with Gasteiger partial charge in [-0.2, -0.15) is 0 Å². The van der Waals surface area contributed by atoms with Crippen molar-refractivity contribution in [3.63, 3.8) is 0 Å². The van der Waals surface area contributed by atoms with Gasteiger partial charge in [-0.3, -0.25) is 15.0 Å². The highest BCUT2D eigenvalue weighted by Crippen LogP contribution is 2.20. The number of benzene rings is 1. The van der Waals surface area contributed by atoms with Crippen LogP contribution in [0.5, 0.6) is 0 Å². The van der Waals surface area contributed by atoms with Crippen LogP contribution in [0.2, 0.25) is 0 Å². The Morgan fingerprint density at radius 1 is 1.17 bits per heavy atom. The van der Waals surface area contributed by atoms with Crippen molar-refractivity contribution in [1.29, 1.82) is 0 Å². The maximum absolute atomic E-state index is 12.2. The zero-order valence-corrected chi connectivity index (χ0v) is 13.4. The molecule has 23 heavy (non-hydrogen) atoms. The van der Waals surface area contributed by atoms with Gasteiger partial charge in [0.2, 0.25) is 5.91 Å². The standard InChI is InChI=1S/C17H24N4O2/c1-2-3-14-10-15(21-20-14)17(23)19-12-6-4-11(5-7-12)16(22)18-13-8-9-13/h4-7,13-15,20-21H,2-3,8-10H2,1H3,(H,18,22)(H,19,23). The van der Waals surface area contributed by atoms with Crippen LogP contribution in [0.15, 0.2) is 24.3 Å². The third-order valence-electron chi connectivity index (χ3n) is 4.26. The fourth-order valence-corrected chi connectivity index (χ4v) is 2.76. The van der Waals surface area contributed by atoms with Crippen LogP contribution in [0.1, 0.15) is 49.4 Å².